The van der Waals surface area contributed by atoms with Crippen LogP contribution in [0.4, 0.5) is 0 Å². The van der Waals surface area contributed by atoms with Crippen LogP contribution in [0.3, 0.4) is 0 Å². The first-order chi connectivity index (χ1) is 28.6. The third-order valence-electron chi connectivity index (χ3n) is 11.9. The van der Waals surface area contributed by atoms with Crippen LogP contribution in [-0.4, -0.2) is 17.0 Å². The van der Waals surface area contributed by atoms with Crippen molar-refractivity contribution in [2.45, 2.75) is 309 Å². The fraction of sp³-hybridized carbons (Fsp3) is 1.00. The van der Waals surface area contributed by atoms with Crippen LogP contribution in [0.15, 0.2) is 0 Å². The summed E-state index contributed by atoms with van der Waals surface area (Å²) in [5, 5.41) is 0. The summed E-state index contributed by atoms with van der Waals surface area (Å²) in [6.07, 6.45) is 40.3. The Balaban J connectivity index is -0.000000258. The molecule has 0 amide bonds. The van der Waals surface area contributed by atoms with Crippen molar-refractivity contribution in [3.63, 3.8) is 0 Å². The number of unbranched alkanes of at least 4 members (excludes halogenated alkanes) is 27. The van der Waals surface area contributed by atoms with E-state index in [0.29, 0.717) is 38.5 Å². The van der Waals surface area contributed by atoms with Gasteiger partial charge in [-0.15, -0.1) is 0 Å². The van der Waals surface area contributed by atoms with Gasteiger partial charge in [-0.25, -0.2) is 0 Å². The van der Waals surface area contributed by atoms with Crippen LogP contribution in [0.25, 0.3) is 0 Å². The zero-order valence-electron chi connectivity index (χ0n) is 41.0. The SMILES string of the molecule is CCCCCCCCC(CCCCCCC)P(=O)([O-])[O-].CCCCCCCCC(CCCCCCC)P(=O)([O-])[O-].CCCCCCCCC(CCCCCCC)P(=O)([O-])[O-].[Co+3].[Co+3]. The molecule has 0 aromatic carbocycles. The molecule has 14 heteroatoms. The number of hydrogen-bond donors (Lipinski definition) is 0. The zero-order valence-corrected chi connectivity index (χ0v) is 45.8. The second-order valence-electron chi connectivity index (χ2n) is 17.9. The normalized spacial score (nSPS) is 13.2. The van der Waals surface area contributed by atoms with E-state index in [2.05, 4.69) is 41.5 Å². The van der Waals surface area contributed by atoms with Crippen molar-refractivity contribution in [1.29, 1.82) is 0 Å². The van der Waals surface area contributed by atoms with E-state index in [1.807, 2.05) is 0 Å². The topological polar surface area (TPSA) is 190 Å². The summed E-state index contributed by atoms with van der Waals surface area (Å²) in [5.74, 6) is 0. The van der Waals surface area contributed by atoms with Gasteiger partial charge in [0, 0.05) is 0 Å². The van der Waals surface area contributed by atoms with Gasteiger partial charge in [-0.05, 0) is 55.5 Å². The van der Waals surface area contributed by atoms with Crippen molar-refractivity contribution >= 4 is 22.8 Å². The average molecular weight is 1030 g/mol. The van der Waals surface area contributed by atoms with Gasteiger partial charge < -0.3 is 43.1 Å². The second kappa shape index (κ2) is 51.8. The maximum atomic E-state index is 11.3. The Hall–Kier alpha value is 1.46. The predicted molar refractivity (Wildman–Crippen MR) is 248 cm³/mol. The van der Waals surface area contributed by atoms with E-state index in [9.17, 15) is 43.1 Å². The summed E-state index contributed by atoms with van der Waals surface area (Å²) in [4.78, 5) is 67.7. The molecular weight excluding hydrogens is 931 g/mol. The fourth-order valence-electron chi connectivity index (χ4n) is 7.81. The molecule has 3 unspecified atom stereocenters. The Morgan fingerprint density at radius 3 is 0.468 bits per heavy atom. The fourth-order valence-corrected chi connectivity index (χ4v) is 10.8. The molecule has 378 valence electrons. The molecule has 0 aliphatic heterocycles. The van der Waals surface area contributed by atoms with E-state index in [-0.39, 0.29) is 33.6 Å². The first kappa shape index (κ1) is 72.4. The van der Waals surface area contributed by atoms with Gasteiger partial charge in [0.1, 0.15) is 0 Å². The van der Waals surface area contributed by atoms with Gasteiger partial charge >= 0.3 is 33.6 Å². The van der Waals surface area contributed by atoms with E-state index in [4.69, 9.17) is 0 Å². The monoisotopic (exact) mass is 1030 g/mol. The molecule has 0 rings (SSSR count). The second-order valence-corrected chi connectivity index (χ2v) is 23.3. The Labute approximate surface area is 406 Å². The molecule has 0 aromatic heterocycles. The van der Waals surface area contributed by atoms with Crippen LogP contribution in [0.5, 0.6) is 0 Å². The summed E-state index contributed by atoms with van der Waals surface area (Å²) in [5.41, 5.74) is -1.85. The maximum Gasteiger partial charge on any atom is 3.00 e. The van der Waals surface area contributed by atoms with Crippen LogP contribution in [-0.2, 0) is 47.3 Å². The molecule has 62 heavy (non-hydrogen) atoms. The number of hydrogen-bond acceptors (Lipinski definition) is 9. The summed E-state index contributed by atoms with van der Waals surface area (Å²) in [6, 6.07) is 0. The first-order valence-corrected chi connectivity index (χ1v) is 30.4. The molecule has 0 fully saturated rings. The molecular formula is C48H99Co2O9P3. The summed E-state index contributed by atoms with van der Waals surface area (Å²) in [7, 11) is -13.2. The Kier molecular flexibility index (Phi) is 60.6. The largest absolute Gasteiger partial charge is 3.00 e. The zero-order chi connectivity index (χ0) is 45.8. The van der Waals surface area contributed by atoms with Gasteiger partial charge in [-0.2, -0.15) is 0 Å². The van der Waals surface area contributed by atoms with Crippen LogP contribution in [0.1, 0.15) is 292 Å². The van der Waals surface area contributed by atoms with Gasteiger partial charge in [0.15, 0.2) is 0 Å². The molecule has 3 atom stereocenters. The van der Waals surface area contributed by atoms with Crippen LogP contribution in [0.2, 0.25) is 0 Å². The van der Waals surface area contributed by atoms with E-state index in [1.165, 1.54) is 116 Å². The standard InChI is InChI=1S/3C16H35O3P.2Co/c3*1-3-5-7-9-11-13-15-16(20(17,18)19)14-12-10-8-6-4-2;;/h3*16H,3-15H2,1-2H3,(H2,17,18,19);;/q;;;2*+3/p-6. The Morgan fingerprint density at radius 2 is 0.355 bits per heavy atom. The van der Waals surface area contributed by atoms with E-state index in [1.54, 1.807) is 0 Å². The molecule has 0 saturated carbocycles. The van der Waals surface area contributed by atoms with Crippen molar-refractivity contribution in [3.05, 3.63) is 0 Å². The molecule has 0 saturated heterocycles. The maximum absolute atomic E-state index is 11.3. The van der Waals surface area contributed by atoms with Crippen molar-refractivity contribution in [2.75, 3.05) is 0 Å². The molecule has 0 aromatic rings. The van der Waals surface area contributed by atoms with Crippen molar-refractivity contribution in [3.8, 4) is 0 Å². The minimum absolute atomic E-state index is 0. The van der Waals surface area contributed by atoms with Gasteiger partial charge in [0.25, 0.3) is 0 Å². The van der Waals surface area contributed by atoms with Crippen LogP contribution >= 0.6 is 22.8 Å². The van der Waals surface area contributed by atoms with Crippen LogP contribution < -0.4 is 29.4 Å². The van der Waals surface area contributed by atoms with Crippen molar-refractivity contribution in [2.24, 2.45) is 0 Å². The average Bonchev–Trinajstić information content (AvgIpc) is 3.18. The molecule has 0 aliphatic rings. The molecule has 0 spiro atoms. The van der Waals surface area contributed by atoms with Gasteiger partial charge in [-0.1, -0.05) is 276 Å². The van der Waals surface area contributed by atoms with E-state index < -0.39 is 39.8 Å². The van der Waals surface area contributed by atoms with Crippen LogP contribution in [0, 0.1) is 0 Å². The van der Waals surface area contributed by atoms with Gasteiger partial charge in [0.2, 0.25) is 0 Å². The van der Waals surface area contributed by atoms with Gasteiger partial charge in [-0.3, -0.25) is 0 Å². The smallest absolute Gasteiger partial charge is 0.811 e. The third-order valence-corrected chi connectivity index (χ3v) is 16.2. The molecule has 0 bridgehead atoms. The minimum atomic E-state index is -4.39. The quantitative estimate of drug-likeness (QED) is 0.0423. The third kappa shape index (κ3) is 54.1. The van der Waals surface area contributed by atoms with E-state index >= 15 is 0 Å². The molecule has 0 aliphatic carbocycles. The summed E-state index contributed by atoms with van der Waals surface area (Å²) < 4.78 is 33.9. The van der Waals surface area contributed by atoms with E-state index in [0.717, 1.165) is 96.3 Å². The van der Waals surface area contributed by atoms with Crippen molar-refractivity contribution in [1.82, 2.24) is 0 Å². The predicted octanol–water partition coefficient (Wildman–Crippen LogP) is 13.1. The molecule has 0 heterocycles. The summed E-state index contributed by atoms with van der Waals surface area (Å²) >= 11 is 0. The van der Waals surface area contributed by atoms with Crippen molar-refractivity contribution < 1.29 is 76.6 Å². The Morgan fingerprint density at radius 1 is 0.242 bits per heavy atom. The first-order valence-electron chi connectivity index (χ1n) is 25.6. The molecule has 0 N–H and O–H groups in total. The Bertz CT molecular complexity index is 887. The number of rotatable bonds is 42. The summed E-state index contributed by atoms with van der Waals surface area (Å²) in [6.45, 7) is 13.0. The minimum Gasteiger partial charge on any atom is -0.811 e. The molecule has 0 radical (unpaired) electrons. The van der Waals surface area contributed by atoms with Gasteiger partial charge in [0.05, 0.1) is 0 Å². The molecule has 9 nitrogen and oxygen atoms in total.